The summed E-state index contributed by atoms with van der Waals surface area (Å²) >= 11 is 0. The SMILES string of the molecule is COC[SiH2]C(C)C. The molecule has 0 aliphatic carbocycles. The van der Waals surface area contributed by atoms with Crippen molar-refractivity contribution in [1.82, 2.24) is 0 Å². The molecule has 0 aromatic carbocycles. The van der Waals surface area contributed by atoms with Gasteiger partial charge >= 0.3 is 0 Å². The fourth-order valence-electron chi connectivity index (χ4n) is 0.354. The second-order valence-electron chi connectivity index (χ2n) is 2.18. The molecule has 0 unspecified atom stereocenters. The summed E-state index contributed by atoms with van der Waals surface area (Å²) in [6.07, 6.45) is 1.04. The van der Waals surface area contributed by atoms with Crippen LogP contribution in [0.4, 0.5) is 0 Å². The van der Waals surface area contributed by atoms with Crippen LogP contribution in [0.15, 0.2) is 0 Å². The van der Waals surface area contributed by atoms with Gasteiger partial charge in [0.25, 0.3) is 0 Å². The lowest BCUT2D eigenvalue weighted by molar-refractivity contribution is 0.250. The molecule has 0 aliphatic heterocycles. The first-order valence-electron chi connectivity index (χ1n) is 2.76. The smallest absolute Gasteiger partial charge is 0.0541 e. The van der Waals surface area contributed by atoms with Crippen LogP contribution in [0.2, 0.25) is 5.54 Å². The average molecular weight is 118 g/mol. The number of hydrogen-bond acceptors (Lipinski definition) is 1. The van der Waals surface area contributed by atoms with Crippen molar-refractivity contribution in [2.45, 2.75) is 19.4 Å². The van der Waals surface area contributed by atoms with Crippen LogP contribution in [0.25, 0.3) is 0 Å². The summed E-state index contributed by atoms with van der Waals surface area (Å²) < 4.78 is 4.91. The molecule has 0 rings (SSSR count). The van der Waals surface area contributed by atoms with E-state index in [1.54, 1.807) is 7.11 Å². The normalized spacial score (nSPS) is 12.0. The molecule has 0 bridgehead atoms. The molecule has 0 aliphatic rings. The first-order valence-corrected chi connectivity index (χ1v) is 4.58. The van der Waals surface area contributed by atoms with Crippen LogP contribution in [0.3, 0.4) is 0 Å². The minimum atomic E-state index is 0.124. The molecule has 1 nitrogen and oxygen atoms in total. The molecule has 0 saturated carbocycles. The number of ether oxygens (including phenoxy) is 1. The van der Waals surface area contributed by atoms with Crippen molar-refractivity contribution in [2.75, 3.05) is 13.3 Å². The van der Waals surface area contributed by atoms with Gasteiger partial charge in [-0.25, -0.2) is 0 Å². The maximum atomic E-state index is 4.91. The Morgan fingerprint density at radius 1 is 1.57 bits per heavy atom. The van der Waals surface area contributed by atoms with Crippen LogP contribution < -0.4 is 0 Å². The molecule has 2 heteroatoms. The minimum Gasteiger partial charge on any atom is -0.389 e. The van der Waals surface area contributed by atoms with Crippen LogP contribution >= 0.6 is 0 Å². The van der Waals surface area contributed by atoms with Crippen molar-refractivity contribution < 1.29 is 4.74 Å². The predicted octanol–water partition coefficient (Wildman–Crippen LogP) is 0.587. The first kappa shape index (κ1) is 7.18. The molecule has 0 fully saturated rings. The first-order chi connectivity index (χ1) is 3.27. The van der Waals surface area contributed by atoms with E-state index in [-0.39, 0.29) is 9.52 Å². The third-order valence-electron chi connectivity index (χ3n) is 0.899. The molecule has 7 heavy (non-hydrogen) atoms. The van der Waals surface area contributed by atoms with Gasteiger partial charge in [0, 0.05) is 13.3 Å². The molecule has 0 aromatic heterocycles. The molecule has 0 spiro atoms. The Bertz CT molecular complexity index is 37.1. The molecule has 0 radical (unpaired) electrons. The van der Waals surface area contributed by atoms with Crippen LogP contribution in [-0.4, -0.2) is 22.9 Å². The van der Waals surface area contributed by atoms with Crippen LogP contribution in [0, 0.1) is 0 Å². The van der Waals surface area contributed by atoms with Crippen molar-refractivity contribution in [3.8, 4) is 0 Å². The Morgan fingerprint density at radius 2 is 2.14 bits per heavy atom. The molecule has 0 atom stereocenters. The third kappa shape index (κ3) is 6.18. The van der Waals surface area contributed by atoms with Crippen molar-refractivity contribution in [1.29, 1.82) is 0 Å². The summed E-state index contributed by atoms with van der Waals surface area (Å²) in [5, 5.41) is 0. The van der Waals surface area contributed by atoms with Gasteiger partial charge in [-0.2, -0.15) is 0 Å². The van der Waals surface area contributed by atoms with Gasteiger partial charge in [0.2, 0.25) is 0 Å². The average Bonchev–Trinajstić information content (AvgIpc) is 1.61. The summed E-state index contributed by atoms with van der Waals surface area (Å²) in [6.45, 7) is 4.51. The zero-order valence-electron chi connectivity index (χ0n) is 5.40. The highest BCUT2D eigenvalue weighted by Crippen LogP contribution is 1.94. The molecule has 0 heterocycles. The summed E-state index contributed by atoms with van der Waals surface area (Å²) in [5.74, 6) is 0. The standard InChI is InChI=1S/C5H14OSi/c1-5(2)7-4-6-3/h5H,4,7H2,1-3H3. The van der Waals surface area contributed by atoms with Gasteiger partial charge in [-0.3, -0.25) is 0 Å². The Morgan fingerprint density at radius 3 is 2.29 bits per heavy atom. The van der Waals surface area contributed by atoms with Crippen LogP contribution in [0.5, 0.6) is 0 Å². The summed E-state index contributed by atoms with van der Waals surface area (Å²) in [4.78, 5) is 0. The Kier molecular flexibility index (Phi) is 4.45. The zero-order valence-corrected chi connectivity index (χ0v) is 6.81. The predicted molar refractivity (Wildman–Crippen MR) is 35.5 cm³/mol. The quantitative estimate of drug-likeness (QED) is 0.493. The van der Waals surface area contributed by atoms with Gasteiger partial charge in [0.15, 0.2) is 0 Å². The number of hydrogen-bond donors (Lipinski definition) is 0. The van der Waals surface area contributed by atoms with E-state index in [4.69, 9.17) is 4.74 Å². The van der Waals surface area contributed by atoms with E-state index in [1.165, 1.54) is 0 Å². The molecule has 0 amide bonds. The molecular weight excluding hydrogens is 104 g/mol. The monoisotopic (exact) mass is 118 g/mol. The highest BCUT2D eigenvalue weighted by molar-refractivity contribution is 6.36. The number of rotatable bonds is 3. The van der Waals surface area contributed by atoms with E-state index >= 15 is 0 Å². The highest BCUT2D eigenvalue weighted by Gasteiger charge is 1.90. The second kappa shape index (κ2) is 4.34. The van der Waals surface area contributed by atoms with E-state index < -0.39 is 0 Å². The molecular formula is C5H14OSi. The van der Waals surface area contributed by atoms with Crippen molar-refractivity contribution in [2.24, 2.45) is 0 Å². The van der Waals surface area contributed by atoms with E-state index in [0.717, 1.165) is 11.8 Å². The maximum Gasteiger partial charge on any atom is 0.0541 e. The topological polar surface area (TPSA) is 9.23 Å². The van der Waals surface area contributed by atoms with Gasteiger partial charge in [0.1, 0.15) is 0 Å². The summed E-state index contributed by atoms with van der Waals surface area (Å²) in [6, 6.07) is 0. The Hall–Kier alpha value is 0.177. The van der Waals surface area contributed by atoms with Gasteiger partial charge < -0.3 is 4.74 Å². The van der Waals surface area contributed by atoms with Gasteiger partial charge in [-0.05, 0) is 0 Å². The highest BCUT2D eigenvalue weighted by atomic mass is 28.2. The summed E-state index contributed by atoms with van der Waals surface area (Å²) in [5.41, 5.74) is 0.917. The lowest BCUT2D eigenvalue weighted by Crippen LogP contribution is -2.03. The zero-order chi connectivity index (χ0) is 5.70. The van der Waals surface area contributed by atoms with Crippen LogP contribution in [-0.2, 0) is 4.74 Å². The molecule has 44 valence electrons. The Balaban J connectivity index is 2.68. The lowest BCUT2D eigenvalue weighted by atomic mass is 10.6. The summed E-state index contributed by atoms with van der Waals surface area (Å²) in [7, 11) is 1.90. The van der Waals surface area contributed by atoms with Gasteiger partial charge in [-0.1, -0.05) is 19.4 Å². The maximum absolute atomic E-state index is 4.91. The number of methoxy groups -OCH3 is 1. The van der Waals surface area contributed by atoms with Gasteiger partial charge in [0.05, 0.1) is 9.52 Å². The molecule has 0 saturated heterocycles. The van der Waals surface area contributed by atoms with Crippen LogP contribution in [0.1, 0.15) is 13.8 Å². The van der Waals surface area contributed by atoms with E-state index in [0.29, 0.717) is 0 Å². The van der Waals surface area contributed by atoms with Crippen molar-refractivity contribution in [3.63, 3.8) is 0 Å². The van der Waals surface area contributed by atoms with Gasteiger partial charge in [-0.15, -0.1) is 0 Å². The van der Waals surface area contributed by atoms with Crippen molar-refractivity contribution in [3.05, 3.63) is 0 Å². The Labute approximate surface area is 47.9 Å². The van der Waals surface area contributed by atoms with E-state index in [9.17, 15) is 0 Å². The fraction of sp³-hybridized carbons (Fsp3) is 1.00. The van der Waals surface area contributed by atoms with Crippen molar-refractivity contribution >= 4 is 9.52 Å². The third-order valence-corrected chi connectivity index (χ3v) is 2.70. The lowest BCUT2D eigenvalue weighted by Gasteiger charge is -1.98. The van der Waals surface area contributed by atoms with E-state index in [2.05, 4.69) is 13.8 Å². The fourth-order valence-corrected chi connectivity index (χ4v) is 1.06. The second-order valence-corrected chi connectivity index (χ2v) is 4.79. The minimum absolute atomic E-state index is 0.124. The molecule has 0 aromatic rings. The molecule has 0 N–H and O–H groups in total. The largest absolute Gasteiger partial charge is 0.389 e. The van der Waals surface area contributed by atoms with E-state index in [1.807, 2.05) is 0 Å².